The molecule has 2 aromatic heterocycles. The number of anilines is 1. The summed E-state index contributed by atoms with van der Waals surface area (Å²) in [4.78, 5) is 43.9. The van der Waals surface area contributed by atoms with Gasteiger partial charge in [-0.25, -0.2) is 4.98 Å². The van der Waals surface area contributed by atoms with Crippen molar-refractivity contribution in [1.29, 1.82) is 0 Å². The highest BCUT2D eigenvalue weighted by atomic mass is 35.5. The van der Waals surface area contributed by atoms with Crippen molar-refractivity contribution in [1.82, 2.24) is 9.55 Å². The first kappa shape index (κ1) is 23.2. The van der Waals surface area contributed by atoms with Gasteiger partial charge in [0.15, 0.2) is 0 Å². The lowest BCUT2D eigenvalue weighted by molar-refractivity contribution is -0.116. The SMILES string of the molecule is COc1ccccc1C(=O)c1cn(CC(=O)Nc2ccc(C)cc2Cl)c2nc(C)ccc2c1=O. The van der Waals surface area contributed by atoms with Gasteiger partial charge < -0.3 is 14.6 Å². The van der Waals surface area contributed by atoms with Crippen molar-refractivity contribution >= 4 is 40.0 Å². The van der Waals surface area contributed by atoms with Crippen LogP contribution in [0.3, 0.4) is 0 Å². The van der Waals surface area contributed by atoms with Gasteiger partial charge in [0.1, 0.15) is 17.9 Å². The summed E-state index contributed by atoms with van der Waals surface area (Å²) >= 11 is 6.24. The number of aryl methyl sites for hydroxylation is 2. The van der Waals surface area contributed by atoms with Crippen molar-refractivity contribution in [2.45, 2.75) is 20.4 Å². The average Bonchev–Trinajstić information content (AvgIpc) is 2.82. The van der Waals surface area contributed by atoms with Crippen LogP contribution in [0.1, 0.15) is 27.2 Å². The largest absolute Gasteiger partial charge is 0.496 e. The normalized spacial score (nSPS) is 10.8. The smallest absolute Gasteiger partial charge is 0.244 e. The van der Waals surface area contributed by atoms with Gasteiger partial charge in [0.25, 0.3) is 0 Å². The Labute approximate surface area is 201 Å². The van der Waals surface area contributed by atoms with Gasteiger partial charge >= 0.3 is 0 Å². The zero-order valence-electron chi connectivity index (χ0n) is 18.9. The van der Waals surface area contributed by atoms with Crippen LogP contribution in [0.25, 0.3) is 11.0 Å². The second-order valence-corrected chi connectivity index (χ2v) is 8.29. The second kappa shape index (κ2) is 9.49. The third-order valence-electron chi connectivity index (χ3n) is 5.37. The molecule has 0 atom stereocenters. The van der Waals surface area contributed by atoms with Crippen LogP contribution < -0.4 is 15.5 Å². The maximum Gasteiger partial charge on any atom is 0.244 e. The van der Waals surface area contributed by atoms with E-state index in [9.17, 15) is 14.4 Å². The number of aromatic nitrogens is 2. The van der Waals surface area contributed by atoms with Gasteiger partial charge in [0, 0.05) is 11.9 Å². The predicted molar refractivity (Wildman–Crippen MR) is 132 cm³/mol. The number of rotatable bonds is 6. The minimum atomic E-state index is -0.499. The number of benzene rings is 2. The molecule has 0 aliphatic heterocycles. The molecule has 1 amide bonds. The third-order valence-corrected chi connectivity index (χ3v) is 5.68. The van der Waals surface area contributed by atoms with Crippen LogP contribution >= 0.6 is 11.6 Å². The first-order valence-electron chi connectivity index (χ1n) is 10.5. The van der Waals surface area contributed by atoms with E-state index in [1.54, 1.807) is 55.5 Å². The first-order valence-corrected chi connectivity index (χ1v) is 10.9. The molecule has 0 unspecified atom stereocenters. The van der Waals surface area contributed by atoms with Gasteiger partial charge in [0.05, 0.1) is 34.3 Å². The van der Waals surface area contributed by atoms with E-state index in [0.717, 1.165) is 5.56 Å². The molecule has 0 fully saturated rings. The second-order valence-electron chi connectivity index (χ2n) is 7.88. The lowest BCUT2D eigenvalue weighted by Crippen LogP contribution is -2.25. The van der Waals surface area contributed by atoms with Crippen molar-refractivity contribution in [3.8, 4) is 5.75 Å². The molecule has 0 aliphatic carbocycles. The van der Waals surface area contributed by atoms with Gasteiger partial charge in [-0.3, -0.25) is 14.4 Å². The number of nitrogens with zero attached hydrogens (tertiary/aromatic N) is 2. The topological polar surface area (TPSA) is 90.3 Å². The summed E-state index contributed by atoms with van der Waals surface area (Å²) in [5, 5.41) is 3.43. The molecule has 2 aromatic carbocycles. The Hall–Kier alpha value is -3.97. The van der Waals surface area contributed by atoms with E-state index in [-0.39, 0.29) is 29.0 Å². The molecule has 172 valence electrons. The van der Waals surface area contributed by atoms with Crippen molar-refractivity contribution in [3.63, 3.8) is 0 Å². The number of carbonyl (C=O) groups excluding carboxylic acids is 2. The quantitative estimate of drug-likeness (QED) is 0.413. The molecule has 0 saturated heterocycles. The van der Waals surface area contributed by atoms with Gasteiger partial charge in [-0.2, -0.15) is 0 Å². The number of carbonyl (C=O) groups is 2. The average molecular weight is 476 g/mol. The van der Waals surface area contributed by atoms with Crippen LogP contribution in [-0.4, -0.2) is 28.4 Å². The van der Waals surface area contributed by atoms with E-state index >= 15 is 0 Å². The number of amides is 1. The van der Waals surface area contributed by atoms with Crippen LogP contribution in [-0.2, 0) is 11.3 Å². The lowest BCUT2D eigenvalue weighted by atomic mass is 10.0. The van der Waals surface area contributed by atoms with E-state index < -0.39 is 11.2 Å². The maximum atomic E-state index is 13.3. The summed E-state index contributed by atoms with van der Waals surface area (Å²) in [5.41, 5.74) is 2.13. The Balaban J connectivity index is 1.78. The van der Waals surface area contributed by atoms with Crippen LogP contribution in [0, 0.1) is 13.8 Å². The third kappa shape index (κ3) is 4.56. The predicted octanol–water partition coefficient (Wildman–Crippen LogP) is 4.55. The summed E-state index contributed by atoms with van der Waals surface area (Å²) in [6.07, 6.45) is 1.38. The van der Waals surface area contributed by atoms with E-state index in [1.165, 1.54) is 17.9 Å². The van der Waals surface area contributed by atoms with Crippen LogP contribution in [0.4, 0.5) is 5.69 Å². The Kier molecular flexibility index (Phi) is 6.47. The van der Waals surface area contributed by atoms with Gasteiger partial charge in [-0.05, 0) is 55.8 Å². The van der Waals surface area contributed by atoms with Crippen LogP contribution in [0.2, 0.25) is 5.02 Å². The lowest BCUT2D eigenvalue weighted by Gasteiger charge is -2.14. The number of fused-ring (bicyclic) bond motifs is 1. The fraction of sp³-hybridized carbons (Fsp3) is 0.154. The number of pyridine rings is 2. The fourth-order valence-electron chi connectivity index (χ4n) is 3.69. The molecule has 2 heterocycles. The number of hydrogen-bond acceptors (Lipinski definition) is 5. The standard InChI is InChI=1S/C26H22ClN3O4/c1-15-8-11-21(20(27)12-15)29-23(31)14-30-13-19(24(32)17-6-4-5-7-22(17)34-3)25(33)18-10-9-16(2)28-26(18)30/h4-13H,14H2,1-3H3,(H,29,31). The van der Waals surface area contributed by atoms with E-state index in [0.29, 0.717) is 27.8 Å². The maximum absolute atomic E-state index is 13.3. The molecule has 34 heavy (non-hydrogen) atoms. The van der Waals surface area contributed by atoms with Crippen molar-refractivity contribution in [2.24, 2.45) is 0 Å². The molecule has 1 N–H and O–H groups in total. The highest BCUT2D eigenvalue weighted by Gasteiger charge is 2.21. The molecular formula is C26H22ClN3O4. The molecule has 0 saturated carbocycles. The molecule has 0 aliphatic rings. The highest BCUT2D eigenvalue weighted by Crippen LogP contribution is 2.24. The number of ketones is 1. The first-order chi connectivity index (χ1) is 16.3. The van der Waals surface area contributed by atoms with Gasteiger partial charge in [-0.15, -0.1) is 0 Å². The number of hydrogen-bond donors (Lipinski definition) is 1. The van der Waals surface area contributed by atoms with E-state index in [2.05, 4.69) is 10.3 Å². The molecule has 0 bridgehead atoms. The summed E-state index contributed by atoms with van der Waals surface area (Å²) in [7, 11) is 1.46. The van der Waals surface area contributed by atoms with E-state index in [4.69, 9.17) is 16.3 Å². The number of nitrogens with one attached hydrogen (secondary N) is 1. The number of halogens is 1. The Bertz CT molecular complexity index is 1490. The summed E-state index contributed by atoms with van der Waals surface area (Å²) < 4.78 is 6.80. The van der Waals surface area contributed by atoms with Gasteiger partial charge in [0.2, 0.25) is 17.1 Å². The molecule has 8 heteroatoms. The Morgan fingerprint density at radius 2 is 1.82 bits per heavy atom. The molecule has 0 spiro atoms. The molecule has 7 nitrogen and oxygen atoms in total. The van der Waals surface area contributed by atoms with Crippen molar-refractivity contribution < 1.29 is 14.3 Å². The molecule has 4 aromatic rings. The molecule has 0 radical (unpaired) electrons. The Morgan fingerprint density at radius 3 is 2.56 bits per heavy atom. The number of para-hydroxylation sites is 1. The van der Waals surface area contributed by atoms with Crippen molar-refractivity contribution in [3.05, 3.63) is 98.4 Å². The molecular weight excluding hydrogens is 454 g/mol. The van der Waals surface area contributed by atoms with Crippen molar-refractivity contribution in [2.75, 3.05) is 12.4 Å². The Morgan fingerprint density at radius 1 is 1.06 bits per heavy atom. The highest BCUT2D eigenvalue weighted by molar-refractivity contribution is 6.33. The monoisotopic (exact) mass is 475 g/mol. The van der Waals surface area contributed by atoms with Crippen LogP contribution in [0.5, 0.6) is 5.75 Å². The summed E-state index contributed by atoms with van der Waals surface area (Å²) in [6, 6.07) is 15.3. The zero-order chi connectivity index (χ0) is 24.4. The minimum Gasteiger partial charge on any atom is -0.496 e. The number of methoxy groups -OCH3 is 1. The minimum absolute atomic E-state index is 0.0798. The van der Waals surface area contributed by atoms with Crippen LogP contribution in [0.15, 0.2) is 65.6 Å². The summed E-state index contributed by atoms with van der Waals surface area (Å²) in [6.45, 7) is 3.51. The number of ether oxygens (including phenoxy) is 1. The van der Waals surface area contributed by atoms with E-state index in [1.807, 2.05) is 13.0 Å². The van der Waals surface area contributed by atoms with Gasteiger partial charge in [-0.1, -0.05) is 29.8 Å². The summed E-state index contributed by atoms with van der Waals surface area (Å²) in [5.74, 6) is -0.525. The molecule has 4 rings (SSSR count). The zero-order valence-corrected chi connectivity index (χ0v) is 19.6. The fourth-order valence-corrected chi connectivity index (χ4v) is 3.97.